The normalized spacial score (nSPS) is 11.8. The fourth-order valence-corrected chi connectivity index (χ4v) is 4.73. The topological polar surface area (TPSA) is 110 Å². The molecule has 0 bridgehead atoms. The van der Waals surface area contributed by atoms with Crippen molar-refractivity contribution in [1.29, 1.82) is 0 Å². The molecule has 4 rings (SSSR count). The van der Waals surface area contributed by atoms with Crippen molar-refractivity contribution in [3.8, 4) is 5.75 Å². The van der Waals surface area contributed by atoms with Crippen molar-refractivity contribution in [1.82, 2.24) is 5.32 Å². The quantitative estimate of drug-likeness (QED) is 0.148. The number of methoxy groups -OCH3 is 1. The summed E-state index contributed by atoms with van der Waals surface area (Å²) in [6.07, 6.45) is 2.92. The highest BCUT2D eigenvalue weighted by Crippen LogP contribution is 2.29. The van der Waals surface area contributed by atoms with Crippen LogP contribution >= 0.6 is 23.4 Å². The highest BCUT2D eigenvalue weighted by atomic mass is 35.5. The summed E-state index contributed by atoms with van der Waals surface area (Å²) in [5.41, 5.74) is 1.46. The number of halogens is 1. The molecule has 0 saturated carbocycles. The molecule has 8 nitrogen and oxygen atoms in total. The Morgan fingerprint density at radius 1 is 0.925 bits per heavy atom. The van der Waals surface area contributed by atoms with Crippen LogP contribution in [0.2, 0.25) is 5.02 Å². The van der Waals surface area contributed by atoms with Crippen LogP contribution in [0.25, 0.3) is 6.08 Å². The Kier molecular flexibility index (Phi) is 9.66. The minimum atomic E-state index is -0.537. The molecule has 1 heterocycles. The summed E-state index contributed by atoms with van der Waals surface area (Å²) in [6.45, 7) is 1.78. The molecule has 3 N–H and O–H groups in total. The van der Waals surface area contributed by atoms with Crippen molar-refractivity contribution in [2.75, 3.05) is 17.7 Å². The lowest BCUT2D eigenvalue weighted by atomic mass is 10.2. The Hall–Kier alpha value is -4.47. The Balaban J connectivity index is 1.43. The van der Waals surface area contributed by atoms with Crippen molar-refractivity contribution in [2.45, 2.75) is 17.1 Å². The van der Waals surface area contributed by atoms with E-state index in [4.69, 9.17) is 20.8 Å². The SMILES string of the molecule is COc1ccc(NC(=O)C(C)Sc2cccc(NC(=O)/C(=C/c3ccco3)NC(=O)c3ccccc3)c2)cc1Cl. The van der Waals surface area contributed by atoms with E-state index in [-0.39, 0.29) is 11.6 Å². The van der Waals surface area contributed by atoms with Crippen molar-refractivity contribution >= 4 is 58.5 Å². The molecule has 0 aliphatic rings. The highest BCUT2D eigenvalue weighted by Gasteiger charge is 2.18. The van der Waals surface area contributed by atoms with Crippen LogP contribution in [0.4, 0.5) is 11.4 Å². The molecule has 1 aromatic heterocycles. The van der Waals surface area contributed by atoms with Gasteiger partial charge in [0.1, 0.15) is 17.2 Å². The number of benzene rings is 3. The van der Waals surface area contributed by atoms with Gasteiger partial charge in [-0.05, 0) is 67.6 Å². The van der Waals surface area contributed by atoms with Gasteiger partial charge in [0.25, 0.3) is 11.8 Å². The number of nitrogens with one attached hydrogen (secondary N) is 3. The number of carbonyl (C=O) groups excluding carboxylic acids is 3. The second kappa shape index (κ2) is 13.5. The maximum Gasteiger partial charge on any atom is 0.272 e. The second-order valence-electron chi connectivity index (χ2n) is 8.47. The first kappa shape index (κ1) is 28.5. The summed E-state index contributed by atoms with van der Waals surface area (Å²) in [5, 5.41) is 8.25. The Bertz CT molecular complexity index is 1520. The van der Waals surface area contributed by atoms with Crippen LogP contribution in [-0.4, -0.2) is 30.1 Å². The van der Waals surface area contributed by atoms with Crippen molar-refractivity contribution in [3.05, 3.63) is 113 Å². The molecular weight excluding hydrogens is 550 g/mol. The van der Waals surface area contributed by atoms with Crippen LogP contribution in [-0.2, 0) is 9.59 Å². The molecule has 10 heteroatoms. The Labute approximate surface area is 240 Å². The molecule has 204 valence electrons. The number of rotatable bonds is 10. The van der Waals surface area contributed by atoms with Gasteiger partial charge in [0.2, 0.25) is 5.91 Å². The minimum absolute atomic E-state index is 0.00718. The maximum absolute atomic E-state index is 13.2. The van der Waals surface area contributed by atoms with Gasteiger partial charge in [-0.3, -0.25) is 14.4 Å². The zero-order valence-electron chi connectivity index (χ0n) is 21.6. The van der Waals surface area contributed by atoms with Gasteiger partial charge >= 0.3 is 0 Å². The summed E-state index contributed by atoms with van der Waals surface area (Å²) in [5.74, 6) is -0.266. The Morgan fingerprint density at radius 2 is 1.70 bits per heavy atom. The van der Waals surface area contributed by atoms with Crippen LogP contribution in [0.5, 0.6) is 5.75 Å². The first-order valence-electron chi connectivity index (χ1n) is 12.2. The third-order valence-electron chi connectivity index (χ3n) is 5.55. The third-order valence-corrected chi connectivity index (χ3v) is 6.94. The first-order valence-corrected chi connectivity index (χ1v) is 13.4. The summed E-state index contributed by atoms with van der Waals surface area (Å²) >= 11 is 7.48. The van der Waals surface area contributed by atoms with E-state index in [0.717, 1.165) is 4.90 Å². The molecule has 0 aliphatic carbocycles. The number of furan rings is 1. The second-order valence-corrected chi connectivity index (χ2v) is 10.3. The molecular formula is C30H26ClN3O5S. The van der Waals surface area contributed by atoms with Crippen molar-refractivity contribution in [3.63, 3.8) is 0 Å². The predicted octanol–water partition coefficient (Wildman–Crippen LogP) is 6.47. The van der Waals surface area contributed by atoms with Gasteiger partial charge < -0.3 is 25.1 Å². The summed E-state index contributed by atoms with van der Waals surface area (Å²) in [7, 11) is 1.52. The molecule has 0 aliphatic heterocycles. The number of amides is 3. The highest BCUT2D eigenvalue weighted by molar-refractivity contribution is 8.00. The van der Waals surface area contributed by atoms with Crippen molar-refractivity contribution in [2.24, 2.45) is 0 Å². The van der Waals surface area contributed by atoms with E-state index in [1.54, 1.807) is 85.8 Å². The van der Waals surface area contributed by atoms with E-state index in [0.29, 0.717) is 33.5 Å². The number of carbonyl (C=O) groups is 3. The third kappa shape index (κ3) is 7.78. The molecule has 0 saturated heterocycles. The lowest BCUT2D eigenvalue weighted by molar-refractivity contribution is -0.115. The molecule has 1 atom stereocenters. The van der Waals surface area contributed by atoms with Crippen LogP contribution in [0, 0.1) is 0 Å². The number of hydrogen-bond donors (Lipinski definition) is 3. The van der Waals surface area contributed by atoms with E-state index in [2.05, 4.69) is 16.0 Å². The van der Waals surface area contributed by atoms with Gasteiger partial charge in [0.05, 0.1) is 23.6 Å². The van der Waals surface area contributed by atoms with Gasteiger partial charge in [-0.15, -0.1) is 11.8 Å². The van der Waals surface area contributed by atoms with E-state index in [1.807, 2.05) is 6.07 Å². The van der Waals surface area contributed by atoms with E-state index >= 15 is 0 Å². The fraction of sp³-hybridized carbons (Fsp3) is 0.100. The number of thioether (sulfide) groups is 1. The lowest BCUT2D eigenvalue weighted by Gasteiger charge is -2.14. The summed E-state index contributed by atoms with van der Waals surface area (Å²) < 4.78 is 10.5. The van der Waals surface area contributed by atoms with E-state index in [1.165, 1.54) is 31.2 Å². The van der Waals surface area contributed by atoms with Gasteiger partial charge in [-0.25, -0.2) is 0 Å². The molecule has 0 fully saturated rings. The van der Waals surface area contributed by atoms with Gasteiger partial charge in [0, 0.05) is 27.9 Å². The van der Waals surface area contributed by atoms with E-state index in [9.17, 15) is 14.4 Å². The number of anilines is 2. The molecule has 0 spiro atoms. The molecule has 3 amide bonds. The smallest absolute Gasteiger partial charge is 0.272 e. The average molecular weight is 576 g/mol. The summed E-state index contributed by atoms with van der Waals surface area (Å²) in [6, 6.07) is 24.0. The molecule has 4 aromatic rings. The van der Waals surface area contributed by atoms with Crippen LogP contribution in [0.3, 0.4) is 0 Å². The number of ether oxygens (including phenoxy) is 1. The minimum Gasteiger partial charge on any atom is -0.495 e. The predicted molar refractivity (Wildman–Crippen MR) is 158 cm³/mol. The standard InChI is InChI=1S/C30H26ClN3O5S/c1-19(28(35)32-22-13-14-27(38-2)25(31)17-22)40-24-12-6-10-21(16-24)33-30(37)26(18-23-11-7-15-39-23)34-29(36)20-8-4-3-5-9-20/h3-19H,1-2H3,(H,32,35)(H,33,37)(H,34,36)/b26-18-. The van der Waals surface area contributed by atoms with Crippen LogP contribution < -0.4 is 20.7 Å². The van der Waals surface area contributed by atoms with Crippen molar-refractivity contribution < 1.29 is 23.5 Å². The zero-order valence-corrected chi connectivity index (χ0v) is 23.2. The van der Waals surface area contributed by atoms with Crippen LogP contribution in [0.15, 0.2) is 106 Å². The number of hydrogen-bond acceptors (Lipinski definition) is 6. The van der Waals surface area contributed by atoms with Crippen LogP contribution in [0.1, 0.15) is 23.0 Å². The fourth-order valence-electron chi connectivity index (χ4n) is 3.55. The average Bonchev–Trinajstić information content (AvgIpc) is 3.46. The molecule has 0 radical (unpaired) electrons. The summed E-state index contributed by atoms with van der Waals surface area (Å²) in [4.78, 5) is 39.5. The molecule has 40 heavy (non-hydrogen) atoms. The van der Waals surface area contributed by atoms with Gasteiger partial charge in [-0.1, -0.05) is 35.9 Å². The molecule has 1 unspecified atom stereocenters. The van der Waals surface area contributed by atoms with E-state index < -0.39 is 17.1 Å². The largest absolute Gasteiger partial charge is 0.495 e. The van der Waals surface area contributed by atoms with Gasteiger partial charge in [0.15, 0.2) is 0 Å². The monoisotopic (exact) mass is 575 g/mol. The maximum atomic E-state index is 13.2. The zero-order chi connectivity index (χ0) is 28.5. The lowest BCUT2D eigenvalue weighted by Crippen LogP contribution is -2.30. The molecule has 3 aromatic carbocycles. The first-order chi connectivity index (χ1) is 19.3. The van der Waals surface area contributed by atoms with Gasteiger partial charge in [-0.2, -0.15) is 0 Å². The Morgan fingerprint density at radius 3 is 2.40 bits per heavy atom.